The largest absolute Gasteiger partial charge is 0.445 e. The van der Waals surface area contributed by atoms with E-state index < -0.39 is 12.2 Å². The summed E-state index contributed by atoms with van der Waals surface area (Å²) in [6.07, 6.45) is 19.3. The molecule has 238 valence electrons. The quantitative estimate of drug-likeness (QED) is 0.238. The molecule has 1 aromatic heterocycles. The lowest BCUT2D eigenvalue weighted by Gasteiger charge is -2.44. The van der Waals surface area contributed by atoms with Gasteiger partial charge in [-0.1, -0.05) is 51.5 Å². The molecule has 1 aromatic rings. The predicted octanol–water partition coefficient (Wildman–Crippen LogP) is 7.80. The number of hydrogen-bond acceptors (Lipinski definition) is 6. The summed E-state index contributed by atoms with van der Waals surface area (Å²) in [6.45, 7) is 11.3. The Labute approximate surface area is 263 Å². The van der Waals surface area contributed by atoms with Crippen LogP contribution in [0.25, 0.3) is 0 Å². The first-order valence-corrected chi connectivity index (χ1v) is 17.7. The fourth-order valence-corrected chi connectivity index (χ4v) is 9.99. The number of ether oxygens (including phenoxy) is 1. The number of aromatic nitrogens is 1. The van der Waals surface area contributed by atoms with Crippen molar-refractivity contribution in [3.8, 4) is 0 Å². The van der Waals surface area contributed by atoms with Crippen molar-refractivity contribution in [3.63, 3.8) is 0 Å². The number of allylic oxidation sites excluding steroid dienone is 3. The third-order valence-corrected chi connectivity index (χ3v) is 12.8. The number of thiazole rings is 1. The molecular formula is C36H54N2O4S. The van der Waals surface area contributed by atoms with E-state index in [-0.39, 0.29) is 23.0 Å². The highest BCUT2D eigenvalue weighted by atomic mass is 32.1. The van der Waals surface area contributed by atoms with Crippen LogP contribution in [0.15, 0.2) is 41.6 Å². The lowest BCUT2D eigenvalue weighted by atomic mass is 9.60. The van der Waals surface area contributed by atoms with E-state index in [4.69, 9.17) is 9.72 Å². The van der Waals surface area contributed by atoms with E-state index in [1.54, 1.807) is 7.05 Å². The Morgan fingerprint density at radius 1 is 1.26 bits per heavy atom. The van der Waals surface area contributed by atoms with Crippen LogP contribution >= 0.6 is 11.3 Å². The summed E-state index contributed by atoms with van der Waals surface area (Å²) in [7, 11) is 1.64. The van der Waals surface area contributed by atoms with Crippen LogP contribution < -0.4 is 5.32 Å². The second-order valence-electron chi connectivity index (χ2n) is 14.3. The van der Waals surface area contributed by atoms with Gasteiger partial charge in [0.05, 0.1) is 17.6 Å². The number of fused-ring (bicyclic) bond motifs is 1. The van der Waals surface area contributed by atoms with Crippen molar-refractivity contribution in [1.82, 2.24) is 10.3 Å². The molecular weight excluding hydrogens is 556 g/mol. The Morgan fingerprint density at radius 3 is 2.77 bits per heavy atom. The van der Waals surface area contributed by atoms with Gasteiger partial charge in [0.15, 0.2) is 0 Å². The second kappa shape index (κ2) is 13.6. The molecule has 0 unspecified atom stereocenters. The number of amides is 1. The van der Waals surface area contributed by atoms with Gasteiger partial charge in [-0.25, -0.2) is 9.78 Å². The van der Waals surface area contributed by atoms with Crippen molar-refractivity contribution in [2.75, 3.05) is 7.05 Å². The van der Waals surface area contributed by atoms with Gasteiger partial charge in [-0.15, -0.1) is 11.3 Å². The van der Waals surface area contributed by atoms with Gasteiger partial charge < -0.3 is 20.3 Å². The van der Waals surface area contributed by atoms with Crippen LogP contribution in [-0.4, -0.2) is 46.6 Å². The van der Waals surface area contributed by atoms with E-state index in [9.17, 15) is 15.0 Å². The van der Waals surface area contributed by atoms with Crippen LogP contribution in [0.3, 0.4) is 0 Å². The molecule has 4 aliphatic rings. The molecule has 3 N–H and O–H groups in total. The number of nitrogens with zero attached hydrogens (tertiary/aromatic N) is 1. The summed E-state index contributed by atoms with van der Waals surface area (Å²) < 4.78 is 6.11. The van der Waals surface area contributed by atoms with Crippen molar-refractivity contribution in [3.05, 3.63) is 51.5 Å². The standard InChI is InChI=1S/C36H54N2O4S/c1-6-7-10-28-22-38-33(43-28)36(18-19-36)32(42-34(41)37-5)16-11-23(2)29-14-15-30-25(9-8-17-35(29,30)4)12-13-26-20-27(39)21-31(40)24(26)3/h12-13,22-23,27,29-32,39-40H,3,6-11,14-21H2,1-2,4-5H3,(H,37,41)/b25-12+,26-13-/t23-,27-,29-,30+,31+,32-,35-/m1/s1. The van der Waals surface area contributed by atoms with Gasteiger partial charge >= 0.3 is 6.09 Å². The zero-order valence-corrected chi connectivity index (χ0v) is 27.7. The first kappa shape index (κ1) is 32.4. The number of rotatable bonds is 11. The minimum absolute atomic E-state index is 0.123. The molecule has 1 amide bonds. The molecule has 1 heterocycles. The zero-order chi connectivity index (χ0) is 30.8. The average molecular weight is 611 g/mol. The van der Waals surface area contributed by atoms with Gasteiger partial charge in [-0.05, 0) is 111 Å². The van der Waals surface area contributed by atoms with Crippen molar-refractivity contribution < 1.29 is 19.7 Å². The molecule has 4 aliphatic carbocycles. The van der Waals surface area contributed by atoms with Crippen LogP contribution in [0.1, 0.15) is 114 Å². The van der Waals surface area contributed by atoms with Gasteiger partial charge in [0.25, 0.3) is 0 Å². The number of carbonyl (C=O) groups excluding carboxylic acids is 1. The number of aryl methyl sites for hydroxylation is 1. The highest BCUT2D eigenvalue weighted by Crippen LogP contribution is 2.60. The normalized spacial score (nSPS) is 33.3. The molecule has 0 bridgehead atoms. The number of hydrogen-bond donors (Lipinski definition) is 3. The Hall–Kier alpha value is -1.96. The van der Waals surface area contributed by atoms with Crippen molar-refractivity contribution >= 4 is 17.4 Å². The smallest absolute Gasteiger partial charge is 0.407 e. The van der Waals surface area contributed by atoms with E-state index >= 15 is 0 Å². The molecule has 6 nitrogen and oxygen atoms in total. The third-order valence-electron chi connectivity index (χ3n) is 11.5. The molecule has 7 atom stereocenters. The van der Waals surface area contributed by atoms with Crippen molar-refractivity contribution in [2.45, 2.75) is 134 Å². The first-order chi connectivity index (χ1) is 20.6. The predicted molar refractivity (Wildman–Crippen MR) is 174 cm³/mol. The Bertz CT molecular complexity index is 1220. The summed E-state index contributed by atoms with van der Waals surface area (Å²) >= 11 is 1.83. The minimum atomic E-state index is -0.647. The maximum atomic E-state index is 12.5. The molecule has 0 aliphatic heterocycles. The monoisotopic (exact) mass is 610 g/mol. The Kier molecular flexibility index (Phi) is 10.2. The Balaban J connectivity index is 1.27. The number of aliphatic hydroxyl groups is 2. The fourth-order valence-electron chi connectivity index (χ4n) is 8.74. The molecule has 7 heteroatoms. The first-order valence-electron chi connectivity index (χ1n) is 16.9. The fraction of sp³-hybridized carbons (Fsp3) is 0.722. The van der Waals surface area contributed by atoms with Crippen LogP contribution in [0.4, 0.5) is 4.79 Å². The minimum Gasteiger partial charge on any atom is -0.445 e. The molecule has 4 saturated carbocycles. The van der Waals surface area contributed by atoms with E-state index in [0.29, 0.717) is 30.6 Å². The van der Waals surface area contributed by atoms with Crippen molar-refractivity contribution in [1.29, 1.82) is 0 Å². The van der Waals surface area contributed by atoms with Crippen LogP contribution in [0.2, 0.25) is 0 Å². The molecule has 0 saturated heterocycles. The van der Waals surface area contributed by atoms with Crippen LogP contribution in [-0.2, 0) is 16.6 Å². The summed E-state index contributed by atoms with van der Waals surface area (Å²) in [6, 6.07) is 0. The SMILES string of the molecule is C=C1/C(=C\C=C2/CCC[C@]3(C)[C@@H]([C@H](C)CC[C@@H](OC(=O)NC)C4(c5ncc(CCCC)s5)CC4)CC[C@@H]23)C[C@@H](O)C[C@@H]1O. The summed E-state index contributed by atoms with van der Waals surface area (Å²) in [5, 5.41) is 24.3. The third kappa shape index (κ3) is 6.84. The summed E-state index contributed by atoms with van der Waals surface area (Å²) in [5.74, 6) is 1.75. The number of carbonyl (C=O) groups is 1. The maximum Gasteiger partial charge on any atom is 0.407 e. The average Bonchev–Trinajstić information content (AvgIpc) is 3.50. The lowest BCUT2D eigenvalue weighted by molar-refractivity contribution is 0.0533. The lowest BCUT2D eigenvalue weighted by Crippen LogP contribution is -2.38. The summed E-state index contributed by atoms with van der Waals surface area (Å²) in [5.41, 5.74) is 3.42. The van der Waals surface area contributed by atoms with Crippen LogP contribution in [0, 0.1) is 23.2 Å². The molecule has 43 heavy (non-hydrogen) atoms. The van der Waals surface area contributed by atoms with E-state index in [0.717, 1.165) is 54.7 Å². The van der Waals surface area contributed by atoms with Gasteiger partial charge in [-0.3, -0.25) is 0 Å². The second-order valence-corrected chi connectivity index (χ2v) is 15.4. The van der Waals surface area contributed by atoms with E-state index in [1.807, 2.05) is 17.5 Å². The molecule has 5 rings (SSSR count). The van der Waals surface area contributed by atoms with E-state index in [2.05, 4.69) is 44.8 Å². The zero-order valence-electron chi connectivity index (χ0n) is 26.9. The number of aliphatic hydroxyl groups excluding tert-OH is 2. The number of nitrogens with one attached hydrogen (secondary N) is 1. The molecule has 0 spiro atoms. The number of alkyl carbamates (subject to hydrolysis) is 1. The molecule has 0 radical (unpaired) electrons. The highest BCUT2D eigenvalue weighted by molar-refractivity contribution is 7.11. The number of unbranched alkanes of at least 4 members (excludes halogenated alkanes) is 1. The van der Waals surface area contributed by atoms with E-state index in [1.165, 1.54) is 49.0 Å². The van der Waals surface area contributed by atoms with Gasteiger partial charge in [0.2, 0.25) is 0 Å². The van der Waals surface area contributed by atoms with Crippen LogP contribution in [0.5, 0.6) is 0 Å². The topological polar surface area (TPSA) is 91.7 Å². The molecule has 4 fully saturated rings. The summed E-state index contributed by atoms with van der Waals surface area (Å²) in [4.78, 5) is 18.7. The molecule has 0 aromatic carbocycles. The van der Waals surface area contributed by atoms with Crippen molar-refractivity contribution in [2.24, 2.45) is 23.2 Å². The van der Waals surface area contributed by atoms with Gasteiger partial charge in [-0.2, -0.15) is 0 Å². The Morgan fingerprint density at radius 2 is 2.05 bits per heavy atom. The maximum absolute atomic E-state index is 12.5. The highest BCUT2D eigenvalue weighted by Gasteiger charge is 2.56. The van der Waals surface area contributed by atoms with Gasteiger partial charge in [0.1, 0.15) is 11.1 Å². The van der Waals surface area contributed by atoms with Gasteiger partial charge in [0, 0.05) is 24.5 Å².